The number of esters is 1. The Morgan fingerprint density at radius 1 is 1.50 bits per heavy atom. The Balaban J connectivity index is 2.38. The van der Waals surface area contributed by atoms with Crippen molar-refractivity contribution < 1.29 is 14.6 Å². The van der Waals surface area contributed by atoms with E-state index in [9.17, 15) is 9.90 Å². The standard InChI is InChI=1S/C11H20O3/c1-3-8(2)11(13)14-10-7-5-4-6-9(10)12/h8-10,12H,3-7H2,1-2H3. The normalized spacial score (nSPS) is 29.6. The molecular weight excluding hydrogens is 180 g/mol. The molecule has 0 aromatic rings. The molecule has 1 aliphatic carbocycles. The van der Waals surface area contributed by atoms with Crippen molar-refractivity contribution in [2.75, 3.05) is 0 Å². The van der Waals surface area contributed by atoms with Gasteiger partial charge in [-0.05, 0) is 25.7 Å². The maximum Gasteiger partial charge on any atom is 0.309 e. The van der Waals surface area contributed by atoms with E-state index < -0.39 is 6.10 Å². The Bertz CT molecular complexity index is 191. The summed E-state index contributed by atoms with van der Waals surface area (Å²) in [5.41, 5.74) is 0. The summed E-state index contributed by atoms with van der Waals surface area (Å²) in [5, 5.41) is 9.60. The molecule has 1 rings (SSSR count). The molecule has 0 spiro atoms. The van der Waals surface area contributed by atoms with Crippen LogP contribution in [-0.2, 0) is 9.53 Å². The number of ether oxygens (including phenoxy) is 1. The van der Waals surface area contributed by atoms with E-state index in [1.54, 1.807) is 0 Å². The fraction of sp³-hybridized carbons (Fsp3) is 0.909. The highest BCUT2D eigenvalue weighted by Gasteiger charge is 2.27. The smallest absolute Gasteiger partial charge is 0.309 e. The molecule has 3 atom stereocenters. The molecular formula is C11H20O3. The SMILES string of the molecule is CCC(C)C(=O)OC1CCCCC1O. The highest BCUT2D eigenvalue weighted by Crippen LogP contribution is 2.22. The van der Waals surface area contributed by atoms with Crippen LogP contribution in [0.5, 0.6) is 0 Å². The van der Waals surface area contributed by atoms with Crippen LogP contribution in [-0.4, -0.2) is 23.3 Å². The minimum atomic E-state index is -0.447. The van der Waals surface area contributed by atoms with E-state index in [4.69, 9.17) is 4.74 Å². The first-order valence-electron chi connectivity index (χ1n) is 5.53. The summed E-state index contributed by atoms with van der Waals surface area (Å²) in [6, 6.07) is 0. The first kappa shape index (κ1) is 11.5. The van der Waals surface area contributed by atoms with Gasteiger partial charge in [0.2, 0.25) is 0 Å². The Morgan fingerprint density at radius 2 is 2.14 bits per heavy atom. The lowest BCUT2D eigenvalue weighted by Gasteiger charge is -2.28. The molecule has 14 heavy (non-hydrogen) atoms. The van der Waals surface area contributed by atoms with Gasteiger partial charge in [0.05, 0.1) is 12.0 Å². The topological polar surface area (TPSA) is 46.5 Å². The molecule has 0 aliphatic heterocycles. The Morgan fingerprint density at radius 3 is 2.71 bits per heavy atom. The summed E-state index contributed by atoms with van der Waals surface area (Å²) in [4.78, 5) is 11.5. The summed E-state index contributed by atoms with van der Waals surface area (Å²) >= 11 is 0. The number of aliphatic hydroxyl groups is 1. The molecule has 1 saturated carbocycles. The lowest BCUT2D eigenvalue weighted by atomic mass is 9.94. The van der Waals surface area contributed by atoms with Gasteiger partial charge in [0.25, 0.3) is 0 Å². The van der Waals surface area contributed by atoms with Gasteiger partial charge >= 0.3 is 5.97 Å². The summed E-state index contributed by atoms with van der Waals surface area (Å²) in [6.07, 6.45) is 3.75. The molecule has 1 aliphatic rings. The van der Waals surface area contributed by atoms with E-state index in [1.807, 2.05) is 13.8 Å². The Kier molecular flexibility index (Phi) is 4.39. The lowest BCUT2D eigenvalue weighted by Crippen LogP contribution is -2.35. The zero-order valence-corrected chi connectivity index (χ0v) is 9.03. The zero-order valence-electron chi connectivity index (χ0n) is 9.03. The second kappa shape index (κ2) is 5.35. The van der Waals surface area contributed by atoms with Gasteiger partial charge in [-0.25, -0.2) is 0 Å². The minimum Gasteiger partial charge on any atom is -0.459 e. The van der Waals surface area contributed by atoms with Crippen molar-refractivity contribution in [1.29, 1.82) is 0 Å². The van der Waals surface area contributed by atoms with E-state index >= 15 is 0 Å². The summed E-state index contributed by atoms with van der Waals surface area (Å²) in [6.45, 7) is 3.82. The molecule has 82 valence electrons. The average Bonchev–Trinajstić information content (AvgIpc) is 2.20. The van der Waals surface area contributed by atoms with Gasteiger partial charge in [-0.1, -0.05) is 20.3 Å². The van der Waals surface area contributed by atoms with Crippen LogP contribution in [0.15, 0.2) is 0 Å². The van der Waals surface area contributed by atoms with E-state index in [2.05, 4.69) is 0 Å². The monoisotopic (exact) mass is 200 g/mol. The second-order valence-corrected chi connectivity index (χ2v) is 4.14. The maximum absolute atomic E-state index is 11.5. The van der Waals surface area contributed by atoms with Crippen molar-refractivity contribution in [3.63, 3.8) is 0 Å². The van der Waals surface area contributed by atoms with Crippen LogP contribution in [0, 0.1) is 5.92 Å². The van der Waals surface area contributed by atoms with Gasteiger partial charge in [-0.3, -0.25) is 4.79 Å². The number of carbonyl (C=O) groups excluding carboxylic acids is 1. The summed E-state index contributed by atoms with van der Waals surface area (Å²) in [5.74, 6) is -0.220. The summed E-state index contributed by atoms with van der Waals surface area (Å²) < 4.78 is 5.27. The lowest BCUT2D eigenvalue weighted by molar-refractivity contribution is -0.162. The molecule has 0 amide bonds. The zero-order chi connectivity index (χ0) is 10.6. The van der Waals surface area contributed by atoms with Crippen molar-refractivity contribution >= 4 is 5.97 Å². The number of aliphatic hydroxyl groups excluding tert-OH is 1. The third kappa shape index (κ3) is 2.98. The van der Waals surface area contributed by atoms with E-state index in [0.29, 0.717) is 0 Å². The molecule has 0 saturated heterocycles. The van der Waals surface area contributed by atoms with Gasteiger partial charge in [0.1, 0.15) is 6.10 Å². The van der Waals surface area contributed by atoms with E-state index in [1.165, 1.54) is 0 Å². The highest BCUT2D eigenvalue weighted by molar-refractivity contribution is 5.72. The molecule has 0 aromatic heterocycles. The Labute approximate surface area is 85.5 Å². The number of hydrogen-bond donors (Lipinski definition) is 1. The molecule has 0 radical (unpaired) electrons. The van der Waals surface area contributed by atoms with Crippen LogP contribution in [0.4, 0.5) is 0 Å². The molecule has 0 heterocycles. The summed E-state index contributed by atoms with van der Waals surface area (Å²) in [7, 11) is 0. The molecule has 3 nitrogen and oxygen atoms in total. The predicted octanol–water partition coefficient (Wildman–Crippen LogP) is 1.88. The number of hydrogen-bond acceptors (Lipinski definition) is 3. The third-order valence-corrected chi connectivity index (χ3v) is 2.95. The number of rotatable bonds is 3. The van der Waals surface area contributed by atoms with Gasteiger partial charge in [-0.15, -0.1) is 0 Å². The molecule has 0 bridgehead atoms. The first-order chi connectivity index (χ1) is 6.65. The fourth-order valence-electron chi connectivity index (χ4n) is 1.65. The van der Waals surface area contributed by atoms with Crippen molar-refractivity contribution in [3.05, 3.63) is 0 Å². The molecule has 3 heteroatoms. The van der Waals surface area contributed by atoms with Gasteiger partial charge in [0, 0.05) is 0 Å². The van der Waals surface area contributed by atoms with Crippen LogP contribution in [0.2, 0.25) is 0 Å². The number of carbonyl (C=O) groups is 1. The van der Waals surface area contributed by atoms with Crippen LogP contribution in [0.1, 0.15) is 46.0 Å². The van der Waals surface area contributed by atoms with Crippen LogP contribution < -0.4 is 0 Å². The maximum atomic E-state index is 11.5. The van der Waals surface area contributed by atoms with Crippen molar-refractivity contribution in [1.82, 2.24) is 0 Å². The van der Waals surface area contributed by atoms with Crippen molar-refractivity contribution in [3.8, 4) is 0 Å². The van der Waals surface area contributed by atoms with E-state index in [0.717, 1.165) is 32.1 Å². The van der Waals surface area contributed by atoms with Crippen LogP contribution in [0.3, 0.4) is 0 Å². The fourth-order valence-corrected chi connectivity index (χ4v) is 1.65. The second-order valence-electron chi connectivity index (χ2n) is 4.14. The Hall–Kier alpha value is -0.570. The van der Waals surface area contributed by atoms with Crippen molar-refractivity contribution in [2.24, 2.45) is 5.92 Å². The van der Waals surface area contributed by atoms with Crippen LogP contribution in [0.25, 0.3) is 0 Å². The van der Waals surface area contributed by atoms with Crippen LogP contribution >= 0.6 is 0 Å². The quantitative estimate of drug-likeness (QED) is 0.707. The predicted molar refractivity (Wildman–Crippen MR) is 53.8 cm³/mol. The van der Waals surface area contributed by atoms with Gasteiger partial charge in [0.15, 0.2) is 0 Å². The molecule has 0 aromatic carbocycles. The van der Waals surface area contributed by atoms with Gasteiger partial charge < -0.3 is 9.84 Å². The highest BCUT2D eigenvalue weighted by atomic mass is 16.6. The molecule has 1 N–H and O–H groups in total. The van der Waals surface area contributed by atoms with E-state index in [-0.39, 0.29) is 18.0 Å². The average molecular weight is 200 g/mol. The minimum absolute atomic E-state index is 0.0517. The van der Waals surface area contributed by atoms with Crippen molar-refractivity contribution in [2.45, 2.75) is 58.2 Å². The first-order valence-corrected chi connectivity index (χ1v) is 5.53. The largest absolute Gasteiger partial charge is 0.459 e. The third-order valence-electron chi connectivity index (χ3n) is 2.95. The van der Waals surface area contributed by atoms with Gasteiger partial charge in [-0.2, -0.15) is 0 Å². The molecule has 3 unspecified atom stereocenters. The molecule has 1 fully saturated rings.